The van der Waals surface area contributed by atoms with Crippen LogP contribution in [0.25, 0.3) is 0 Å². The monoisotopic (exact) mass is 288 g/mol. The standard InChI is InChI=1S/C17H17FO3/c1-10-7-11(2)14(12(3)8-10)9-21-16-13(17(19)20)5-4-6-15(16)18/h4-8H,9H2,1-3H3,(H,19,20). The predicted octanol–water partition coefficient (Wildman–Crippen LogP) is 4.03. The molecule has 0 amide bonds. The highest BCUT2D eigenvalue weighted by molar-refractivity contribution is 5.90. The van der Waals surface area contributed by atoms with E-state index in [0.717, 1.165) is 22.3 Å². The van der Waals surface area contributed by atoms with Crippen LogP contribution in [0.15, 0.2) is 30.3 Å². The zero-order chi connectivity index (χ0) is 15.6. The summed E-state index contributed by atoms with van der Waals surface area (Å²) < 4.78 is 19.3. The van der Waals surface area contributed by atoms with Crippen LogP contribution in [0.5, 0.6) is 5.75 Å². The molecule has 0 atom stereocenters. The van der Waals surface area contributed by atoms with Crippen molar-refractivity contribution in [1.82, 2.24) is 0 Å². The number of carboxylic acids is 1. The fourth-order valence-corrected chi connectivity index (χ4v) is 2.41. The number of hydrogen-bond acceptors (Lipinski definition) is 2. The van der Waals surface area contributed by atoms with Crippen LogP contribution in [0.1, 0.15) is 32.6 Å². The number of ether oxygens (including phenoxy) is 1. The Bertz CT molecular complexity index is 669. The van der Waals surface area contributed by atoms with Gasteiger partial charge in [0.2, 0.25) is 0 Å². The van der Waals surface area contributed by atoms with Gasteiger partial charge in [-0.3, -0.25) is 0 Å². The third-order valence-corrected chi connectivity index (χ3v) is 3.40. The summed E-state index contributed by atoms with van der Waals surface area (Å²) in [5, 5.41) is 9.09. The SMILES string of the molecule is Cc1cc(C)c(COc2c(F)cccc2C(=O)O)c(C)c1. The molecule has 0 bridgehead atoms. The average Bonchev–Trinajstić information content (AvgIpc) is 2.38. The van der Waals surface area contributed by atoms with Gasteiger partial charge in [0.25, 0.3) is 0 Å². The number of aromatic carboxylic acids is 1. The van der Waals surface area contributed by atoms with Crippen LogP contribution >= 0.6 is 0 Å². The topological polar surface area (TPSA) is 46.5 Å². The zero-order valence-corrected chi connectivity index (χ0v) is 12.2. The molecule has 0 aliphatic rings. The zero-order valence-electron chi connectivity index (χ0n) is 12.2. The Kier molecular flexibility index (Phi) is 4.26. The van der Waals surface area contributed by atoms with Gasteiger partial charge in [0.1, 0.15) is 12.2 Å². The van der Waals surface area contributed by atoms with E-state index in [1.54, 1.807) is 0 Å². The summed E-state index contributed by atoms with van der Waals surface area (Å²) >= 11 is 0. The van der Waals surface area contributed by atoms with E-state index >= 15 is 0 Å². The minimum atomic E-state index is -1.21. The largest absolute Gasteiger partial charge is 0.485 e. The Morgan fingerprint density at radius 2 is 1.81 bits per heavy atom. The maximum Gasteiger partial charge on any atom is 0.339 e. The van der Waals surface area contributed by atoms with E-state index in [0.29, 0.717) is 0 Å². The van der Waals surface area contributed by atoms with Crippen LogP contribution in [0.4, 0.5) is 4.39 Å². The molecule has 0 heterocycles. The van der Waals surface area contributed by atoms with Crippen LogP contribution < -0.4 is 4.74 Å². The summed E-state index contributed by atoms with van der Waals surface area (Å²) in [5.41, 5.74) is 4.00. The fraction of sp³-hybridized carbons (Fsp3) is 0.235. The lowest BCUT2D eigenvalue weighted by atomic mass is 10.0. The summed E-state index contributed by atoms with van der Waals surface area (Å²) in [6.45, 7) is 6.06. The third-order valence-electron chi connectivity index (χ3n) is 3.40. The molecule has 0 saturated carbocycles. The van der Waals surface area contributed by atoms with E-state index in [4.69, 9.17) is 9.84 Å². The normalized spacial score (nSPS) is 10.5. The van der Waals surface area contributed by atoms with E-state index in [1.165, 1.54) is 18.2 Å². The summed E-state index contributed by atoms with van der Waals surface area (Å²) in [6.07, 6.45) is 0. The van der Waals surface area contributed by atoms with Crippen LogP contribution in [0.3, 0.4) is 0 Å². The van der Waals surface area contributed by atoms with Gasteiger partial charge in [-0.2, -0.15) is 0 Å². The Balaban J connectivity index is 2.31. The van der Waals surface area contributed by atoms with Gasteiger partial charge < -0.3 is 9.84 Å². The van der Waals surface area contributed by atoms with Crippen molar-refractivity contribution in [2.45, 2.75) is 27.4 Å². The van der Waals surface area contributed by atoms with Crippen LogP contribution in [-0.4, -0.2) is 11.1 Å². The van der Waals surface area contributed by atoms with E-state index in [-0.39, 0.29) is 17.9 Å². The first-order valence-corrected chi connectivity index (χ1v) is 6.61. The molecule has 0 saturated heterocycles. The van der Waals surface area contributed by atoms with Crippen LogP contribution in [0, 0.1) is 26.6 Å². The Hall–Kier alpha value is -2.36. The summed E-state index contributed by atoms with van der Waals surface area (Å²) in [6, 6.07) is 7.91. The highest BCUT2D eigenvalue weighted by Gasteiger charge is 2.16. The molecule has 2 aromatic rings. The van der Waals surface area contributed by atoms with Crippen LogP contribution in [-0.2, 0) is 6.61 Å². The van der Waals surface area contributed by atoms with Gasteiger partial charge in [0.05, 0.1) is 0 Å². The number of rotatable bonds is 4. The first-order chi connectivity index (χ1) is 9.90. The van der Waals surface area contributed by atoms with E-state index in [2.05, 4.69) is 0 Å². The quantitative estimate of drug-likeness (QED) is 0.924. The summed E-state index contributed by atoms with van der Waals surface area (Å²) in [4.78, 5) is 11.1. The minimum absolute atomic E-state index is 0.138. The molecule has 4 heteroatoms. The summed E-state index contributed by atoms with van der Waals surface area (Å²) in [5.74, 6) is -2.09. The predicted molar refractivity (Wildman–Crippen MR) is 78.3 cm³/mol. The van der Waals surface area contributed by atoms with Gasteiger partial charge in [-0.05, 0) is 49.6 Å². The molecule has 21 heavy (non-hydrogen) atoms. The molecule has 0 spiro atoms. The van der Waals surface area contributed by atoms with Gasteiger partial charge in [-0.1, -0.05) is 23.8 Å². The second-order valence-electron chi connectivity index (χ2n) is 5.09. The molecular formula is C17H17FO3. The van der Waals surface area contributed by atoms with Gasteiger partial charge in [0, 0.05) is 0 Å². The van der Waals surface area contributed by atoms with Crippen molar-refractivity contribution >= 4 is 5.97 Å². The molecule has 2 aromatic carbocycles. The number of para-hydroxylation sites is 1. The first-order valence-electron chi connectivity index (χ1n) is 6.61. The third kappa shape index (κ3) is 3.21. The Morgan fingerprint density at radius 3 is 2.38 bits per heavy atom. The van der Waals surface area contributed by atoms with Crippen molar-refractivity contribution in [2.24, 2.45) is 0 Å². The van der Waals surface area contributed by atoms with Crippen molar-refractivity contribution in [2.75, 3.05) is 0 Å². The highest BCUT2D eigenvalue weighted by Crippen LogP contribution is 2.25. The van der Waals surface area contributed by atoms with Gasteiger partial charge in [0.15, 0.2) is 11.6 Å². The van der Waals surface area contributed by atoms with Crippen LogP contribution in [0.2, 0.25) is 0 Å². The van der Waals surface area contributed by atoms with Gasteiger partial charge in [-0.15, -0.1) is 0 Å². The van der Waals surface area contributed by atoms with Crippen molar-refractivity contribution in [3.63, 3.8) is 0 Å². The molecule has 0 aromatic heterocycles. The lowest BCUT2D eigenvalue weighted by molar-refractivity contribution is 0.0690. The number of benzene rings is 2. The second kappa shape index (κ2) is 5.95. The summed E-state index contributed by atoms with van der Waals surface area (Å²) in [7, 11) is 0. The molecule has 0 radical (unpaired) electrons. The molecule has 2 rings (SSSR count). The Labute approximate surface area is 123 Å². The van der Waals surface area contributed by atoms with Gasteiger partial charge >= 0.3 is 5.97 Å². The number of halogens is 1. The maximum atomic E-state index is 13.8. The smallest absolute Gasteiger partial charge is 0.339 e. The lowest BCUT2D eigenvalue weighted by Crippen LogP contribution is -2.07. The molecule has 110 valence electrons. The van der Waals surface area contributed by atoms with Gasteiger partial charge in [-0.25, -0.2) is 9.18 Å². The maximum absolute atomic E-state index is 13.8. The number of aryl methyl sites for hydroxylation is 3. The number of hydrogen-bond donors (Lipinski definition) is 1. The van der Waals surface area contributed by atoms with Crippen molar-refractivity contribution in [3.05, 3.63) is 64.0 Å². The second-order valence-corrected chi connectivity index (χ2v) is 5.09. The van der Waals surface area contributed by atoms with Crippen molar-refractivity contribution in [1.29, 1.82) is 0 Å². The highest BCUT2D eigenvalue weighted by atomic mass is 19.1. The first kappa shape index (κ1) is 15.0. The Morgan fingerprint density at radius 1 is 1.19 bits per heavy atom. The molecule has 0 fully saturated rings. The molecular weight excluding hydrogens is 271 g/mol. The fourth-order valence-electron chi connectivity index (χ4n) is 2.41. The molecule has 3 nitrogen and oxygen atoms in total. The van der Waals surface area contributed by atoms with E-state index in [9.17, 15) is 9.18 Å². The molecule has 0 aliphatic carbocycles. The molecule has 1 N–H and O–H groups in total. The van der Waals surface area contributed by atoms with E-state index < -0.39 is 11.8 Å². The number of carbonyl (C=O) groups is 1. The average molecular weight is 288 g/mol. The lowest BCUT2D eigenvalue weighted by Gasteiger charge is -2.14. The van der Waals surface area contributed by atoms with E-state index in [1.807, 2.05) is 32.9 Å². The minimum Gasteiger partial charge on any atom is -0.485 e. The molecule has 0 unspecified atom stereocenters. The van der Waals surface area contributed by atoms with Crippen molar-refractivity contribution < 1.29 is 19.0 Å². The van der Waals surface area contributed by atoms with Crippen molar-refractivity contribution in [3.8, 4) is 5.75 Å². The molecule has 0 aliphatic heterocycles. The number of carboxylic acid groups (broad SMARTS) is 1.